The van der Waals surface area contributed by atoms with Crippen LogP contribution in [-0.2, 0) is 0 Å². The normalized spacial score (nSPS) is 11.4. The quantitative estimate of drug-likeness (QED) is 0.459. The molecule has 0 radical (unpaired) electrons. The van der Waals surface area contributed by atoms with Crippen molar-refractivity contribution in [2.45, 2.75) is 6.92 Å². The van der Waals surface area contributed by atoms with Crippen LogP contribution in [0.3, 0.4) is 0 Å². The van der Waals surface area contributed by atoms with E-state index in [9.17, 15) is 0 Å². The van der Waals surface area contributed by atoms with Crippen LogP contribution in [0, 0.1) is 6.92 Å². The molecular formula is C16H14N4. The molecule has 0 saturated carbocycles. The van der Waals surface area contributed by atoms with E-state index >= 15 is 0 Å². The van der Waals surface area contributed by atoms with Gasteiger partial charge in [-0.15, -0.1) is 0 Å². The molecule has 0 aliphatic heterocycles. The molecule has 98 valence electrons. The second-order valence-electron chi connectivity index (χ2n) is 5.01. The topological polar surface area (TPSA) is 70.5 Å². The Morgan fingerprint density at radius 3 is 2.70 bits per heavy atom. The third-order valence-corrected chi connectivity index (χ3v) is 3.75. The molecule has 20 heavy (non-hydrogen) atoms. The third kappa shape index (κ3) is 1.39. The SMILES string of the molecule is Cc1[nH]c2ccccc2c1-c1n[nH]c2cccc(N)c12. The summed E-state index contributed by atoms with van der Waals surface area (Å²) in [6.45, 7) is 2.06. The van der Waals surface area contributed by atoms with Gasteiger partial charge in [-0.05, 0) is 25.1 Å². The number of para-hydroxylation sites is 1. The van der Waals surface area contributed by atoms with Crippen LogP contribution in [-0.4, -0.2) is 15.2 Å². The van der Waals surface area contributed by atoms with E-state index in [4.69, 9.17) is 5.73 Å². The molecule has 4 heteroatoms. The van der Waals surface area contributed by atoms with Gasteiger partial charge in [-0.3, -0.25) is 5.10 Å². The van der Waals surface area contributed by atoms with Gasteiger partial charge in [0.15, 0.2) is 0 Å². The minimum Gasteiger partial charge on any atom is -0.398 e. The maximum atomic E-state index is 6.13. The van der Waals surface area contributed by atoms with Crippen molar-refractivity contribution in [2.75, 3.05) is 5.73 Å². The summed E-state index contributed by atoms with van der Waals surface area (Å²) >= 11 is 0. The molecule has 2 aromatic heterocycles. The van der Waals surface area contributed by atoms with E-state index in [1.165, 1.54) is 5.39 Å². The molecule has 0 unspecified atom stereocenters. The summed E-state index contributed by atoms with van der Waals surface area (Å²) in [5, 5.41) is 9.70. The molecule has 4 nitrogen and oxygen atoms in total. The fourth-order valence-electron chi connectivity index (χ4n) is 2.86. The van der Waals surface area contributed by atoms with Crippen molar-refractivity contribution in [1.82, 2.24) is 15.2 Å². The van der Waals surface area contributed by atoms with Crippen molar-refractivity contribution in [3.8, 4) is 11.3 Å². The van der Waals surface area contributed by atoms with Gasteiger partial charge in [0.2, 0.25) is 0 Å². The number of nitrogens with zero attached hydrogens (tertiary/aromatic N) is 1. The van der Waals surface area contributed by atoms with Crippen LogP contribution in [0.15, 0.2) is 42.5 Å². The van der Waals surface area contributed by atoms with E-state index in [-0.39, 0.29) is 0 Å². The fourth-order valence-corrected chi connectivity index (χ4v) is 2.86. The molecule has 2 heterocycles. The van der Waals surface area contributed by atoms with Crippen LogP contribution in [0.4, 0.5) is 5.69 Å². The number of aryl methyl sites for hydroxylation is 1. The Labute approximate surface area is 115 Å². The van der Waals surface area contributed by atoms with E-state index in [1.54, 1.807) is 0 Å². The maximum absolute atomic E-state index is 6.13. The lowest BCUT2D eigenvalue weighted by atomic mass is 10.0. The largest absolute Gasteiger partial charge is 0.398 e. The van der Waals surface area contributed by atoms with Gasteiger partial charge in [-0.1, -0.05) is 24.3 Å². The average molecular weight is 262 g/mol. The van der Waals surface area contributed by atoms with E-state index in [1.807, 2.05) is 30.3 Å². The summed E-state index contributed by atoms with van der Waals surface area (Å²) in [5.74, 6) is 0. The first-order chi connectivity index (χ1) is 9.75. The molecule has 0 aliphatic carbocycles. The molecular weight excluding hydrogens is 248 g/mol. The second kappa shape index (κ2) is 3.87. The number of fused-ring (bicyclic) bond motifs is 2. The van der Waals surface area contributed by atoms with Gasteiger partial charge in [0.1, 0.15) is 5.69 Å². The Hall–Kier alpha value is -2.75. The molecule has 4 rings (SSSR count). The molecule has 0 fully saturated rings. The second-order valence-corrected chi connectivity index (χ2v) is 5.01. The lowest BCUT2D eigenvalue weighted by molar-refractivity contribution is 1.12. The van der Waals surface area contributed by atoms with Crippen LogP contribution in [0.5, 0.6) is 0 Å². The first kappa shape index (κ1) is 11.1. The van der Waals surface area contributed by atoms with Crippen molar-refractivity contribution in [2.24, 2.45) is 0 Å². The number of benzene rings is 2. The molecule has 0 saturated heterocycles. The number of anilines is 1. The van der Waals surface area contributed by atoms with Crippen LogP contribution < -0.4 is 5.73 Å². The minimum absolute atomic E-state index is 0.746. The Balaban J connectivity index is 2.14. The van der Waals surface area contributed by atoms with Crippen molar-refractivity contribution >= 4 is 27.5 Å². The van der Waals surface area contributed by atoms with Crippen LogP contribution in [0.2, 0.25) is 0 Å². The average Bonchev–Trinajstić information content (AvgIpc) is 2.99. The highest BCUT2D eigenvalue weighted by Crippen LogP contribution is 2.36. The summed E-state index contributed by atoms with van der Waals surface area (Å²) in [7, 11) is 0. The van der Waals surface area contributed by atoms with Crippen LogP contribution in [0.25, 0.3) is 33.1 Å². The van der Waals surface area contributed by atoms with Gasteiger partial charge in [0.05, 0.1) is 10.9 Å². The van der Waals surface area contributed by atoms with Gasteiger partial charge >= 0.3 is 0 Å². The number of hydrogen-bond acceptors (Lipinski definition) is 2. The Morgan fingerprint density at radius 1 is 1.00 bits per heavy atom. The van der Waals surface area contributed by atoms with Gasteiger partial charge in [0, 0.05) is 27.8 Å². The highest BCUT2D eigenvalue weighted by molar-refractivity contribution is 6.08. The Kier molecular flexibility index (Phi) is 2.15. The molecule has 4 aromatic rings. The van der Waals surface area contributed by atoms with Gasteiger partial charge < -0.3 is 10.7 Å². The monoisotopic (exact) mass is 262 g/mol. The van der Waals surface area contributed by atoms with Gasteiger partial charge in [-0.25, -0.2) is 0 Å². The summed E-state index contributed by atoms with van der Waals surface area (Å²) < 4.78 is 0. The van der Waals surface area contributed by atoms with Crippen molar-refractivity contribution in [3.63, 3.8) is 0 Å². The number of hydrogen-bond donors (Lipinski definition) is 3. The number of rotatable bonds is 1. The van der Waals surface area contributed by atoms with Gasteiger partial charge in [-0.2, -0.15) is 5.10 Å². The summed E-state index contributed by atoms with van der Waals surface area (Å²) in [4.78, 5) is 3.40. The molecule has 4 N–H and O–H groups in total. The van der Waals surface area contributed by atoms with E-state index in [2.05, 4.69) is 34.2 Å². The smallest absolute Gasteiger partial charge is 0.104 e. The molecule has 0 aliphatic rings. The predicted molar refractivity (Wildman–Crippen MR) is 82.5 cm³/mol. The summed E-state index contributed by atoms with van der Waals surface area (Å²) in [6, 6.07) is 14.1. The minimum atomic E-state index is 0.746. The van der Waals surface area contributed by atoms with E-state index in [0.717, 1.165) is 39.1 Å². The molecule has 0 spiro atoms. The summed E-state index contributed by atoms with van der Waals surface area (Å²) in [6.07, 6.45) is 0. The Bertz CT molecular complexity index is 930. The Morgan fingerprint density at radius 2 is 1.80 bits per heavy atom. The number of aromatic nitrogens is 3. The number of nitrogen functional groups attached to an aromatic ring is 1. The number of nitrogens with two attached hydrogens (primary N) is 1. The maximum Gasteiger partial charge on any atom is 0.104 e. The first-order valence-electron chi connectivity index (χ1n) is 6.56. The highest BCUT2D eigenvalue weighted by atomic mass is 15.1. The highest BCUT2D eigenvalue weighted by Gasteiger charge is 2.17. The molecule has 0 amide bonds. The third-order valence-electron chi connectivity index (χ3n) is 3.75. The molecule has 2 aromatic carbocycles. The van der Waals surface area contributed by atoms with Gasteiger partial charge in [0.25, 0.3) is 0 Å². The zero-order valence-electron chi connectivity index (χ0n) is 11.1. The first-order valence-corrected chi connectivity index (χ1v) is 6.56. The van der Waals surface area contributed by atoms with E-state index in [0.29, 0.717) is 0 Å². The number of H-pyrrole nitrogens is 2. The van der Waals surface area contributed by atoms with Crippen molar-refractivity contribution in [3.05, 3.63) is 48.2 Å². The van der Waals surface area contributed by atoms with Crippen molar-refractivity contribution in [1.29, 1.82) is 0 Å². The predicted octanol–water partition coefficient (Wildman–Crippen LogP) is 3.60. The lowest BCUT2D eigenvalue weighted by Gasteiger charge is -2.01. The number of nitrogens with one attached hydrogen (secondary N) is 2. The zero-order chi connectivity index (χ0) is 13.7. The molecule has 0 bridgehead atoms. The van der Waals surface area contributed by atoms with Crippen LogP contribution >= 0.6 is 0 Å². The lowest BCUT2D eigenvalue weighted by Crippen LogP contribution is -1.87. The zero-order valence-corrected chi connectivity index (χ0v) is 11.1. The van der Waals surface area contributed by atoms with E-state index < -0.39 is 0 Å². The van der Waals surface area contributed by atoms with Crippen molar-refractivity contribution < 1.29 is 0 Å². The van der Waals surface area contributed by atoms with Crippen LogP contribution in [0.1, 0.15) is 5.69 Å². The summed E-state index contributed by atoms with van der Waals surface area (Å²) in [5.41, 5.74) is 12.1. The molecule has 0 atom stereocenters. The fraction of sp³-hybridized carbons (Fsp3) is 0.0625. The number of aromatic amines is 2. The standard InChI is InChI=1S/C16H14N4/c1-9-14(10-5-2-3-7-12(10)18-9)16-15-11(17)6-4-8-13(15)19-20-16/h2-8,18H,17H2,1H3,(H,19,20).